The molecule has 0 bridgehead atoms. The molecular formula is C4H10NNaO4S. The molecule has 11 heavy (non-hydrogen) atoms. The first-order valence-corrected chi connectivity index (χ1v) is 4.16. The van der Waals surface area contributed by atoms with Crippen molar-refractivity contribution in [3.05, 3.63) is 0 Å². The quantitative estimate of drug-likeness (QED) is 0.346. The van der Waals surface area contributed by atoms with Crippen LogP contribution in [0.4, 0.5) is 0 Å². The van der Waals surface area contributed by atoms with Gasteiger partial charge in [0.05, 0.1) is 6.10 Å². The van der Waals surface area contributed by atoms with E-state index in [1.54, 1.807) is 0 Å². The summed E-state index contributed by atoms with van der Waals surface area (Å²) in [6.07, 6.45) is -1.19. The summed E-state index contributed by atoms with van der Waals surface area (Å²) >= 11 is 0. The van der Waals surface area contributed by atoms with Gasteiger partial charge in [-0.05, 0) is 14.0 Å². The maximum atomic E-state index is 10.2. The Hall–Kier alpha value is 0.830. The van der Waals surface area contributed by atoms with Gasteiger partial charge in [0.15, 0.2) is 0 Å². The second-order valence-corrected chi connectivity index (χ2v) is 3.44. The van der Waals surface area contributed by atoms with Gasteiger partial charge in [-0.3, -0.25) is 0 Å². The summed E-state index contributed by atoms with van der Waals surface area (Å²) in [7, 11) is -3.13. The van der Waals surface area contributed by atoms with Gasteiger partial charge >= 0.3 is 29.6 Å². The fourth-order valence-corrected chi connectivity index (χ4v) is 1.40. The van der Waals surface area contributed by atoms with E-state index in [-0.39, 0.29) is 29.6 Å². The molecule has 0 saturated carbocycles. The van der Waals surface area contributed by atoms with Gasteiger partial charge in [-0.2, -0.15) is 0 Å². The molecule has 0 spiro atoms. The Kier molecular flexibility index (Phi) is 7.14. The van der Waals surface area contributed by atoms with Gasteiger partial charge in [0.25, 0.3) is 0 Å². The minimum atomic E-state index is -4.43. The molecule has 0 aliphatic carbocycles. The first-order chi connectivity index (χ1) is 4.39. The molecule has 0 aliphatic heterocycles. The van der Waals surface area contributed by atoms with Crippen LogP contribution in [0.2, 0.25) is 0 Å². The molecule has 0 aromatic carbocycles. The SMILES string of the molecule is CNC(C(C)O)S(=O)(=O)[O-].[Na+]. The Labute approximate surface area is 88.2 Å². The van der Waals surface area contributed by atoms with Crippen LogP contribution in [0, 0.1) is 0 Å². The van der Waals surface area contributed by atoms with Crippen molar-refractivity contribution in [2.24, 2.45) is 0 Å². The van der Waals surface area contributed by atoms with Crippen molar-refractivity contribution in [3.8, 4) is 0 Å². The van der Waals surface area contributed by atoms with Crippen molar-refractivity contribution in [1.82, 2.24) is 5.32 Å². The first kappa shape index (κ1) is 14.4. The van der Waals surface area contributed by atoms with Crippen molar-refractivity contribution in [1.29, 1.82) is 0 Å². The van der Waals surface area contributed by atoms with E-state index >= 15 is 0 Å². The first-order valence-electron chi connectivity index (χ1n) is 2.69. The third-order valence-corrected chi connectivity index (χ3v) is 2.29. The second-order valence-electron chi connectivity index (χ2n) is 1.94. The third-order valence-electron chi connectivity index (χ3n) is 1.03. The van der Waals surface area contributed by atoms with E-state index < -0.39 is 21.6 Å². The van der Waals surface area contributed by atoms with Gasteiger partial charge in [0.1, 0.15) is 15.5 Å². The summed E-state index contributed by atoms with van der Waals surface area (Å²) in [4.78, 5) is 0. The molecule has 62 valence electrons. The predicted octanol–water partition coefficient (Wildman–Crippen LogP) is -4.54. The van der Waals surface area contributed by atoms with Crippen molar-refractivity contribution in [2.75, 3.05) is 7.05 Å². The van der Waals surface area contributed by atoms with Crippen LogP contribution in [0.15, 0.2) is 0 Å². The van der Waals surface area contributed by atoms with E-state index in [1.165, 1.54) is 14.0 Å². The standard InChI is InChI=1S/C4H11NO4S.Na/c1-3(6)4(5-2)10(7,8)9;/h3-6H,1-2H3,(H,7,8,9);/q;+1/p-1. The van der Waals surface area contributed by atoms with E-state index in [9.17, 15) is 13.0 Å². The summed E-state index contributed by atoms with van der Waals surface area (Å²) < 4.78 is 30.7. The van der Waals surface area contributed by atoms with Gasteiger partial charge in [-0.25, -0.2) is 8.42 Å². The van der Waals surface area contributed by atoms with Crippen molar-refractivity contribution < 1.29 is 47.6 Å². The van der Waals surface area contributed by atoms with Crippen LogP contribution in [0.3, 0.4) is 0 Å². The topological polar surface area (TPSA) is 89.5 Å². The molecule has 5 nitrogen and oxygen atoms in total. The van der Waals surface area contributed by atoms with Crippen LogP contribution in [0.5, 0.6) is 0 Å². The van der Waals surface area contributed by atoms with Crippen LogP contribution in [0.25, 0.3) is 0 Å². The van der Waals surface area contributed by atoms with Crippen LogP contribution >= 0.6 is 0 Å². The fraction of sp³-hybridized carbons (Fsp3) is 1.00. The zero-order chi connectivity index (χ0) is 8.36. The van der Waals surface area contributed by atoms with Crippen molar-refractivity contribution >= 4 is 10.1 Å². The molecule has 0 amide bonds. The summed E-state index contributed by atoms with van der Waals surface area (Å²) in [6.45, 7) is 1.23. The molecule has 2 N–H and O–H groups in total. The molecule has 2 atom stereocenters. The largest absolute Gasteiger partial charge is 1.00 e. The number of aliphatic hydroxyl groups excluding tert-OH is 1. The van der Waals surface area contributed by atoms with Gasteiger partial charge in [-0.15, -0.1) is 0 Å². The molecule has 0 heterocycles. The van der Waals surface area contributed by atoms with Gasteiger partial charge in [0.2, 0.25) is 0 Å². The van der Waals surface area contributed by atoms with Crippen LogP contribution in [-0.2, 0) is 10.1 Å². The minimum Gasteiger partial charge on any atom is -0.747 e. The van der Waals surface area contributed by atoms with Crippen molar-refractivity contribution in [3.63, 3.8) is 0 Å². The summed E-state index contributed by atoms with van der Waals surface area (Å²) in [5.41, 5.74) is 0. The Balaban J connectivity index is 0. The number of nitrogens with one attached hydrogen (secondary N) is 1. The molecule has 0 fully saturated rings. The molecule has 7 heteroatoms. The van der Waals surface area contributed by atoms with Crippen molar-refractivity contribution in [2.45, 2.75) is 18.4 Å². The summed E-state index contributed by atoms with van der Waals surface area (Å²) in [6, 6.07) is 0. The monoisotopic (exact) mass is 191 g/mol. The molecule has 0 aliphatic rings. The van der Waals surface area contributed by atoms with Gasteiger partial charge in [0, 0.05) is 0 Å². The predicted molar refractivity (Wildman–Crippen MR) is 34.2 cm³/mol. The smallest absolute Gasteiger partial charge is 0.747 e. The molecule has 0 rings (SSSR count). The molecule has 0 aromatic rings. The minimum absolute atomic E-state index is 0. The average Bonchev–Trinajstić information content (AvgIpc) is 1.60. The molecular weight excluding hydrogens is 181 g/mol. The average molecular weight is 191 g/mol. The summed E-state index contributed by atoms with van der Waals surface area (Å²) in [5.74, 6) is 0. The van der Waals surface area contributed by atoms with Crippen LogP contribution in [-0.4, -0.2) is 36.6 Å². The molecule has 2 unspecified atom stereocenters. The van der Waals surface area contributed by atoms with Crippen LogP contribution in [0.1, 0.15) is 6.92 Å². The fourth-order valence-electron chi connectivity index (χ4n) is 0.627. The normalized spacial score (nSPS) is 16.7. The number of likely N-dealkylation sites (N-methyl/N-ethyl adjacent to an activating group) is 1. The third kappa shape index (κ3) is 5.13. The maximum absolute atomic E-state index is 10.2. The van der Waals surface area contributed by atoms with Gasteiger partial charge in [-0.1, -0.05) is 0 Å². The van der Waals surface area contributed by atoms with E-state index in [0.717, 1.165) is 0 Å². The number of rotatable bonds is 3. The summed E-state index contributed by atoms with van der Waals surface area (Å²) in [5, 5.41) is 9.49. The van der Waals surface area contributed by atoms with Gasteiger partial charge < -0.3 is 15.0 Å². The zero-order valence-electron chi connectivity index (χ0n) is 6.73. The maximum Gasteiger partial charge on any atom is 1.00 e. The van der Waals surface area contributed by atoms with Crippen LogP contribution < -0.4 is 34.9 Å². The Morgan fingerprint density at radius 2 is 1.91 bits per heavy atom. The van der Waals surface area contributed by atoms with E-state index in [2.05, 4.69) is 5.32 Å². The molecule has 0 aromatic heterocycles. The van der Waals surface area contributed by atoms with E-state index in [0.29, 0.717) is 0 Å². The van der Waals surface area contributed by atoms with E-state index in [1.807, 2.05) is 0 Å². The van der Waals surface area contributed by atoms with E-state index in [4.69, 9.17) is 5.11 Å². The Morgan fingerprint density at radius 1 is 1.55 bits per heavy atom. The number of hydrogen-bond acceptors (Lipinski definition) is 5. The second kappa shape index (κ2) is 5.47. The molecule has 0 saturated heterocycles. The Morgan fingerprint density at radius 3 is 1.91 bits per heavy atom. The Bertz CT molecular complexity index is 190. The zero-order valence-corrected chi connectivity index (χ0v) is 9.55. The number of hydrogen-bond donors (Lipinski definition) is 2. The number of aliphatic hydroxyl groups is 1. The molecule has 0 radical (unpaired) electrons.